The Bertz CT molecular complexity index is 1520. The van der Waals surface area contributed by atoms with E-state index in [2.05, 4.69) is 25.4 Å². The number of nitrogens with zero attached hydrogens (tertiary/aromatic N) is 6. The minimum Gasteiger partial charge on any atom is -0.488 e. The molecule has 0 bridgehead atoms. The van der Waals surface area contributed by atoms with E-state index in [0.717, 1.165) is 6.20 Å². The van der Waals surface area contributed by atoms with Crippen molar-refractivity contribution in [3.05, 3.63) is 73.0 Å². The lowest BCUT2D eigenvalue weighted by atomic mass is 10.1. The van der Waals surface area contributed by atoms with Crippen molar-refractivity contribution in [2.75, 3.05) is 26.0 Å². The van der Waals surface area contributed by atoms with Crippen LogP contribution in [-0.4, -0.2) is 56.4 Å². The van der Waals surface area contributed by atoms with Crippen LogP contribution in [-0.2, 0) is 0 Å². The quantitative estimate of drug-likeness (QED) is 0.365. The third kappa shape index (κ3) is 4.60. The van der Waals surface area contributed by atoms with Crippen LogP contribution in [0.5, 0.6) is 5.75 Å². The van der Waals surface area contributed by atoms with Crippen LogP contribution in [0.2, 0.25) is 0 Å². The largest absolute Gasteiger partial charge is 0.488 e. The molecular formula is C25H23F2N7O. The number of hydrogen-bond donors (Lipinski definition) is 1. The van der Waals surface area contributed by atoms with Gasteiger partial charge < -0.3 is 15.0 Å². The van der Waals surface area contributed by atoms with Crippen molar-refractivity contribution in [2.45, 2.75) is 13.0 Å². The van der Waals surface area contributed by atoms with E-state index in [1.54, 1.807) is 42.6 Å². The third-order valence-corrected chi connectivity index (χ3v) is 5.43. The monoisotopic (exact) mass is 475 g/mol. The molecule has 3 heterocycles. The summed E-state index contributed by atoms with van der Waals surface area (Å²) in [5.74, 6) is -0.0505. The third-order valence-electron chi connectivity index (χ3n) is 5.43. The van der Waals surface area contributed by atoms with Gasteiger partial charge in [-0.25, -0.2) is 23.4 Å². The fourth-order valence-corrected chi connectivity index (χ4v) is 4.01. The van der Waals surface area contributed by atoms with Crippen LogP contribution < -0.4 is 10.1 Å². The van der Waals surface area contributed by atoms with Crippen molar-refractivity contribution in [2.24, 2.45) is 0 Å². The zero-order valence-corrected chi connectivity index (χ0v) is 19.4. The summed E-state index contributed by atoms with van der Waals surface area (Å²) in [5, 5.41) is 8.12. The summed E-state index contributed by atoms with van der Waals surface area (Å²) in [6, 6.07) is 10.2. The Hall–Kier alpha value is -4.18. The molecule has 5 rings (SSSR count). The number of anilines is 2. The molecule has 0 saturated carbocycles. The first kappa shape index (κ1) is 22.6. The molecule has 0 spiro atoms. The van der Waals surface area contributed by atoms with Gasteiger partial charge in [-0.3, -0.25) is 4.98 Å². The number of halogens is 2. The summed E-state index contributed by atoms with van der Waals surface area (Å²) in [6.45, 7) is 2.60. The van der Waals surface area contributed by atoms with Gasteiger partial charge in [0.2, 0.25) is 0 Å². The maximum atomic E-state index is 15.3. The number of nitrogens with one attached hydrogen (secondary N) is 1. The standard InChI is InChI=1S/C25H23F2N7O/c1-15(12-33(2)3)35-22-10-17(34-13-16(26)11-31-34)9-21-23(22)25(30-14-29-21)32-20-7-6-19-18(24(20)27)5-4-8-28-19/h4-11,13-15H,12H2,1-3H3,(H,29,30,32)/t15-/m1/s1. The Kier molecular flexibility index (Phi) is 5.96. The summed E-state index contributed by atoms with van der Waals surface area (Å²) in [6.07, 6.45) is 5.21. The maximum absolute atomic E-state index is 15.3. The molecule has 10 heteroatoms. The van der Waals surface area contributed by atoms with Crippen LogP contribution in [0, 0.1) is 11.6 Å². The van der Waals surface area contributed by atoms with Crippen LogP contribution in [0.3, 0.4) is 0 Å². The lowest BCUT2D eigenvalue weighted by Gasteiger charge is -2.21. The van der Waals surface area contributed by atoms with Crippen molar-refractivity contribution in [3.63, 3.8) is 0 Å². The van der Waals surface area contributed by atoms with Crippen LogP contribution >= 0.6 is 0 Å². The molecule has 35 heavy (non-hydrogen) atoms. The average Bonchev–Trinajstić information content (AvgIpc) is 3.26. The molecule has 0 aliphatic rings. The number of benzene rings is 2. The predicted octanol–water partition coefficient (Wildman–Crippen LogP) is 4.71. The van der Waals surface area contributed by atoms with E-state index in [0.29, 0.717) is 45.6 Å². The van der Waals surface area contributed by atoms with E-state index in [9.17, 15) is 4.39 Å². The molecule has 2 aromatic carbocycles. The molecule has 0 radical (unpaired) electrons. The van der Waals surface area contributed by atoms with Gasteiger partial charge in [-0.05, 0) is 51.4 Å². The second kappa shape index (κ2) is 9.22. The van der Waals surface area contributed by atoms with Gasteiger partial charge in [-0.2, -0.15) is 5.10 Å². The summed E-state index contributed by atoms with van der Waals surface area (Å²) in [4.78, 5) is 15.0. The van der Waals surface area contributed by atoms with Crippen molar-refractivity contribution < 1.29 is 13.5 Å². The first-order valence-electron chi connectivity index (χ1n) is 11.0. The number of ether oxygens (including phenoxy) is 1. The first-order valence-corrected chi connectivity index (χ1v) is 11.0. The van der Waals surface area contributed by atoms with Gasteiger partial charge in [0, 0.05) is 24.2 Å². The predicted molar refractivity (Wildman–Crippen MR) is 130 cm³/mol. The van der Waals surface area contributed by atoms with E-state index in [1.807, 2.05) is 25.9 Å². The Labute approximate surface area is 200 Å². The summed E-state index contributed by atoms with van der Waals surface area (Å²) >= 11 is 0. The SMILES string of the molecule is C[C@H](CN(C)C)Oc1cc(-n2cc(F)cn2)cc2ncnc(Nc3ccc4ncccc4c3F)c12. The highest BCUT2D eigenvalue weighted by Crippen LogP contribution is 2.36. The van der Waals surface area contributed by atoms with Crippen LogP contribution in [0.25, 0.3) is 27.5 Å². The fraction of sp³-hybridized carbons (Fsp3) is 0.200. The van der Waals surface area contributed by atoms with Gasteiger partial charge in [-0.1, -0.05) is 0 Å². The van der Waals surface area contributed by atoms with Gasteiger partial charge in [0.1, 0.15) is 24.0 Å². The maximum Gasteiger partial charge on any atom is 0.161 e. The van der Waals surface area contributed by atoms with Gasteiger partial charge in [0.25, 0.3) is 0 Å². The van der Waals surface area contributed by atoms with Gasteiger partial charge >= 0.3 is 0 Å². The van der Waals surface area contributed by atoms with Crippen molar-refractivity contribution in [3.8, 4) is 11.4 Å². The topological polar surface area (TPSA) is 81.0 Å². The number of likely N-dealkylation sites (N-methyl/N-ethyl adjacent to an activating group) is 1. The number of aromatic nitrogens is 5. The zero-order chi connectivity index (χ0) is 24.5. The number of rotatable bonds is 7. The van der Waals surface area contributed by atoms with E-state index in [1.165, 1.54) is 17.2 Å². The minimum atomic E-state index is -0.458. The molecule has 178 valence electrons. The molecule has 0 amide bonds. The summed E-state index contributed by atoms with van der Waals surface area (Å²) in [5.41, 5.74) is 1.91. The lowest BCUT2D eigenvalue weighted by Crippen LogP contribution is -2.28. The molecule has 0 aliphatic heterocycles. The van der Waals surface area contributed by atoms with Crippen LogP contribution in [0.15, 0.2) is 61.3 Å². The van der Waals surface area contributed by atoms with Gasteiger partial charge in [-0.15, -0.1) is 0 Å². The Balaban J connectivity index is 1.63. The lowest BCUT2D eigenvalue weighted by molar-refractivity contribution is 0.179. The highest BCUT2D eigenvalue weighted by atomic mass is 19.1. The zero-order valence-electron chi connectivity index (χ0n) is 19.4. The van der Waals surface area contributed by atoms with E-state index < -0.39 is 11.6 Å². The molecular weight excluding hydrogens is 452 g/mol. The molecule has 0 aliphatic carbocycles. The van der Waals surface area contributed by atoms with Crippen LogP contribution in [0.4, 0.5) is 20.3 Å². The van der Waals surface area contributed by atoms with Gasteiger partial charge in [0.15, 0.2) is 11.6 Å². The molecule has 0 fully saturated rings. The van der Waals surface area contributed by atoms with Crippen molar-refractivity contribution >= 4 is 33.3 Å². The molecule has 1 atom stereocenters. The van der Waals surface area contributed by atoms with Crippen molar-refractivity contribution in [1.82, 2.24) is 29.6 Å². The normalized spacial score (nSPS) is 12.4. The fourth-order valence-electron chi connectivity index (χ4n) is 4.01. The van der Waals surface area contributed by atoms with Gasteiger partial charge in [0.05, 0.1) is 40.2 Å². The Morgan fingerprint density at radius 3 is 2.71 bits per heavy atom. The smallest absolute Gasteiger partial charge is 0.161 e. The Morgan fingerprint density at radius 2 is 1.94 bits per heavy atom. The Morgan fingerprint density at radius 1 is 1.09 bits per heavy atom. The molecule has 0 saturated heterocycles. The first-order chi connectivity index (χ1) is 16.9. The summed E-state index contributed by atoms with van der Waals surface area (Å²) in [7, 11) is 3.91. The molecule has 1 N–H and O–H groups in total. The summed E-state index contributed by atoms with van der Waals surface area (Å²) < 4.78 is 36.6. The number of hydrogen-bond acceptors (Lipinski definition) is 7. The molecule has 8 nitrogen and oxygen atoms in total. The highest BCUT2D eigenvalue weighted by molar-refractivity contribution is 5.97. The second-order valence-electron chi connectivity index (χ2n) is 8.48. The van der Waals surface area contributed by atoms with E-state index >= 15 is 4.39 Å². The molecule has 0 unspecified atom stereocenters. The number of pyridine rings is 1. The minimum absolute atomic E-state index is 0.186. The van der Waals surface area contributed by atoms with Crippen LogP contribution in [0.1, 0.15) is 6.92 Å². The number of fused-ring (bicyclic) bond motifs is 2. The van der Waals surface area contributed by atoms with E-state index in [-0.39, 0.29) is 11.8 Å². The van der Waals surface area contributed by atoms with E-state index in [4.69, 9.17) is 4.74 Å². The molecule has 3 aromatic heterocycles. The molecule has 5 aromatic rings. The van der Waals surface area contributed by atoms with Crippen molar-refractivity contribution in [1.29, 1.82) is 0 Å². The highest BCUT2D eigenvalue weighted by Gasteiger charge is 2.18. The average molecular weight is 476 g/mol. The second-order valence-corrected chi connectivity index (χ2v) is 8.48.